The van der Waals surface area contributed by atoms with Crippen LogP contribution < -0.4 is 15.8 Å². The highest BCUT2D eigenvalue weighted by Gasteiger charge is 2.20. The number of hydrogen-bond donors (Lipinski definition) is 2. The van der Waals surface area contributed by atoms with E-state index in [1.54, 1.807) is 32.2 Å². The van der Waals surface area contributed by atoms with Gasteiger partial charge in [-0.1, -0.05) is 6.07 Å². The fourth-order valence-corrected chi connectivity index (χ4v) is 2.04. The number of carbonyl (C=O) groups excluding carboxylic acids is 1. The molecule has 0 bridgehead atoms. The minimum atomic E-state index is -0.448. The van der Waals surface area contributed by atoms with E-state index in [4.69, 9.17) is 15.7 Å². The number of aromatic nitrogens is 2. The van der Waals surface area contributed by atoms with Crippen LogP contribution in [0.4, 0.5) is 11.4 Å². The molecule has 2 rings (SSSR count). The number of rotatable bonds is 3. The molecule has 3 N–H and O–H groups in total. The lowest BCUT2D eigenvalue weighted by Gasteiger charge is -2.12. The van der Waals surface area contributed by atoms with Crippen molar-refractivity contribution in [3.05, 3.63) is 35.2 Å². The molecule has 0 spiro atoms. The van der Waals surface area contributed by atoms with E-state index in [0.717, 1.165) is 0 Å². The van der Waals surface area contributed by atoms with Crippen LogP contribution in [0.15, 0.2) is 18.2 Å². The molecule has 0 atom stereocenters. The van der Waals surface area contributed by atoms with Gasteiger partial charge >= 0.3 is 0 Å². The Balaban J connectivity index is 2.43. The van der Waals surface area contributed by atoms with Crippen molar-refractivity contribution in [1.29, 1.82) is 5.26 Å². The third-order valence-electron chi connectivity index (χ3n) is 3.09. The van der Waals surface area contributed by atoms with E-state index >= 15 is 0 Å². The standard InChI is InChI=1S/C14H15N5O2/c1-8-11(16)13(19(2)18-8)14(20)17-12-9(7-15)5-4-6-10(12)21-3/h4-6H,16H2,1-3H3,(H,17,20). The quantitative estimate of drug-likeness (QED) is 0.887. The zero-order valence-corrected chi connectivity index (χ0v) is 12.0. The first kappa shape index (κ1) is 14.4. The van der Waals surface area contributed by atoms with Gasteiger partial charge in [0, 0.05) is 7.05 Å². The Hall–Kier alpha value is -3.01. The second kappa shape index (κ2) is 5.54. The fourth-order valence-electron chi connectivity index (χ4n) is 2.04. The summed E-state index contributed by atoms with van der Waals surface area (Å²) in [5, 5.41) is 15.9. The number of aryl methyl sites for hydroxylation is 2. The number of nitrogens with zero attached hydrogens (tertiary/aromatic N) is 3. The molecule has 2 aromatic rings. The van der Waals surface area contributed by atoms with Crippen molar-refractivity contribution in [2.75, 3.05) is 18.2 Å². The van der Waals surface area contributed by atoms with E-state index in [9.17, 15) is 4.79 Å². The SMILES string of the molecule is COc1cccc(C#N)c1NC(=O)c1c(N)c(C)nn1C. The highest BCUT2D eigenvalue weighted by Crippen LogP contribution is 2.29. The smallest absolute Gasteiger partial charge is 0.276 e. The van der Waals surface area contributed by atoms with Crippen molar-refractivity contribution in [3.63, 3.8) is 0 Å². The molecular formula is C14H15N5O2. The molecule has 0 saturated carbocycles. The fraction of sp³-hybridized carbons (Fsp3) is 0.214. The van der Waals surface area contributed by atoms with Gasteiger partial charge in [-0.3, -0.25) is 9.48 Å². The van der Waals surface area contributed by atoms with Crippen molar-refractivity contribution >= 4 is 17.3 Å². The average Bonchev–Trinajstić information content (AvgIpc) is 2.72. The van der Waals surface area contributed by atoms with Crippen molar-refractivity contribution in [3.8, 4) is 11.8 Å². The molecule has 1 aromatic carbocycles. The Morgan fingerprint density at radius 2 is 2.24 bits per heavy atom. The molecule has 0 aliphatic heterocycles. The third kappa shape index (κ3) is 2.51. The topological polar surface area (TPSA) is 106 Å². The summed E-state index contributed by atoms with van der Waals surface area (Å²) in [5.74, 6) is -0.0449. The van der Waals surface area contributed by atoms with Gasteiger partial charge in [-0.15, -0.1) is 0 Å². The first-order valence-electron chi connectivity index (χ1n) is 6.17. The van der Waals surface area contributed by atoms with Crippen molar-refractivity contribution < 1.29 is 9.53 Å². The lowest BCUT2D eigenvalue weighted by molar-refractivity contribution is 0.101. The summed E-state index contributed by atoms with van der Waals surface area (Å²) in [6, 6.07) is 6.94. The predicted octanol–water partition coefficient (Wildman–Crippen LogP) is 1.44. The molecule has 0 saturated heterocycles. The van der Waals surface area contributed by atoms with Crippen LogP contribution in [0.3, 0.4) is 0 Å². The Kier molecular flexibility index (Phi) is 3.80. The number of methoxy groups -OCH3 is 1. The molecule has 1 aromatic heterocycles. The van der Waals surface area contributed by atoms with E-state index in [-0.39, 0.29) is 5.69 Å². The van der Waals surface area contributed by atoms with Gasteiger partial charge in [0.05, 0.1) is 24.1 Å². The van der Waals surface area contributed by atoms with Crippen molar-refractivity contribution in [2.45, 2.75) is 6.92 Å². The van der Waals surface area contributed by atoms with Crippen LogP contribution in [0.1, 0.15) is 21.7 Å². The molecule has 0 unspecified atom stereocenters. The minimum Gasteiger partial charge on any atom is -0.495 e. The summed E-state index contributed by atoms with van der Waals surface area (Å²) < 4.78 is 6.57. The molecule has 7 nitrogen and oxygen atoms in total. The van der Waals surface area contributed by atoms with Gasteiger partial charge in [0.25, 0.3) is 5.91 Å². The average molecular weight is 285 g/mol. The lowest BCUT2D eigenvalue weighted by Crippen LogP contribution is -2.18. The maximum atomic E-state index is 12.4. The number of ether oxygens (including phenoxy) is 1. The van der Waals surface area contributed by atoms with Crippen LogP contribution in [0.2, 0.25) is 0 Å². The summed E-state index contributed by atoms with van der Waals surface area (Å²) in [6.45, 7) is 1.72. The number of hydrogen-bond acceptors (Lipinski definition) is 5. The summed E-state index contributed by atoms with van der Waals surface area (Å²) in [5.41, 5.74) is 7.59. The molecule has 1 heterocycles. The van der Waals surface area contributed by atoms with Crippen LogP contribution in [-0.4, -0.2) is 22.8 Å². The normalized spacial score (nSPS) is 10.0. The van der Waals surface area contributed by atoms with Gasteiger partial charge in [-0.2, -0.15) is 10.4 Å². The zero-order chi connectivity index (χ0) is 15.6. The molecule has 108 valence electrons. The van der Waals surface area contributed by atoms with Crippen LogP contribution in [0.25, 0.3) is 0 Å². The first-order valence-corrected chi connectivity index (χ1v) is 6.17. The molecule has 0 aliphatic carbocycles. The number of nitrogen functional groups attached to an aromatic ring is 1. The molecule has 1 amide bonds. The maximum Gasteiger partial charge on any atom is 0.276 e. The molecule has 0 radical (unpaired) electrons. The molecular weight excluding hydrogens is 270 g/mol. The Labute approximate surface area is 121 Å². The Morgan fingerprint density at radius 3 is 2.76 bits per heavy atom. The van der Waals surface area contributed by atoms with E-state index in [2.05, 4.69) is 10.4 Å². The van der Waals surface area contributed by atoms with E-state index in [1.165, 1.54) is 11.8 Å². The number of para-hydroxylation sites is 1. The molecule has 7 heteroatoms. The number of carbonyl (C=O) groups is 1. The Bertz CT molecular complexity index is 743. The highest BCUT2D eigenvalue weighted by atomic mass is 16.5. The monoisotopic (exact) mass is 285 g/mol. The second-order valence-electron chi connectivity index (χ2n) is 4.42. The molecule has 0 fully saturated rings. The Morgan fingerprint density at radius 1 is 1.52 bits per heavy atom. The largest absolute Gasteiger partial charge is 0.495 e. The number of nitrogens with one attached hydrogen (secondary N) is 1. The van der Waals surface area contributed by atoms with Gasteiger partial charge < -0.3 is 15.8 Å². The zero-order valence-electron chi connectivity index (χ0n) is 12.0. The lowest BCUT2D eigenvalue weighted by atomic mass is 10.1. The highest BCUT2D eigenvalue weighted by molar-refractivity contribution is 6.08. The van der Waals surface area contributed by atoms with E-state index in [0.29, 0.717) is 28.4 Å². The predicted molar refractivity (Wildman–Crippen MR) is 78.0 cm³/mol. The van der Waals surface area contributed by atoms with Crippen LogP contribution >= 0.6 is 0 Å². The number of nitriles is 1. The van der Waals surface area contributed by atoms with Gasteiger partial charge in [-0.25, -0.2) is 0 Å². The maximum absolute atomic E-state index is 12.4. The summed E-state index contributed by atoms with van der Waals surface area (Å²) in [7, 11) is 3.10. The van der Waals surface area contributed by atoms with Gasteiger partial charge in [-0.05, 0) is 19.1 Å². The van der Waals surface area contributed by atoms with Gasteiger partial charge in [0.2, 0.25) is 0 Å². The van der Waals surface area contributed by atoms with Crippen molar-refractivity contribution in [1.82, 2.24) is 9.78 Å². The van der Waals surface area contributed by atoms with Gasteiger partial charge in [0.1, 0.15) is 23.2 Å². The first-order chi connectivity index (χ1) is 9.99. The number of amides is 1. The van der Waals surface area contributed by atoms with E-state index < -0.39 is 5.91 Å². The summed E-state index contributed by atoms with van der Waals surface area (Å²) >= 11 is 0. The van der Waals surface area contributed by atoms with Crippen LogP contribution in [0, 0.1) is 18.3 Å². The van der Waals surface area contributed by atoms with Crippen LogP contribution in [-0.2, 0) is 7.05 Å². The second-order valence-corrected chi connectivity index (χ2v) is 4.42. The van der Waals surface area contributed by atoms with Gasteiger partial charge in [0.15, 0.2) is 0 Å². The minimum absolute atomic E-state index is 0.238. The summed E-state index contributed by atoms with van der Waals surface area (Å²) in [4.78, 5) is 12.4. The van der Waals surface area contributed by atoms with Crippen LogP contribution in [0.5, 0.6) is 5.75 Å². The summed E-state index contributed by atoms with van der Waals surface area (Å²) in [6.07, 6.45) is 0. The number of benzene rings is 1. The molecule has 21 heavy (non-hydrogen) atoms. The third-order valence-corrected chi connectivity index (χ3v) is 3.09. The molecule has 0 aliphatic rings. The number of anilines is 2. The number of nitrogens with two attached hydrogens (primary N) is 1. The van der Waals surface area contributed by atoms with Crippen molar-refractivity contribution in [2.24, 2.45) is 7.05 Å². The van der Waals surface area contributed by atoms with E-state index in [1.807, 2.05) is 6.07 Å².